The molecular weight excluding hydrogens is 266 g/mol. The number of hydrogen-bond acceptors (Lipinski definition) is 4. The first kappa shape index (κ1) is 15.5. The Kier molecular flexibility index (Phi) is 5.32. The topological polar surface area (TPSA) is 65.5 Å². The maximum atomic E-state index is 12.4. The molecule has 0 bridgehead atoms. The van der Waals surface area contributed by atoms with Gasteiger partial charge >= 0.3 is 0 Å². The minimum Gasteiger partial charge on any atom is -0.384 e. The van der Waals surface area contributed by atoms with Crippen LogP contribution in [0.4, 0.5) is 0 Å². The second-order valence-corrected chi connectivity index (χ2v) is 5.49. The summed E-state index contributed by atoms with van der Waals surface area (Å²) < 4.78 is 0. The summed E-state index contributed by atoms with van der Waals surface area (Å²) in [4.78, 5) is 18.7. The van der Waals surface area contributed by atoms with Gasteiger partial charge in [-0.05, 0) is 32.0 Å². The number of nitrogens with one attached hydrogen (secondary N) is 1. The maximum Gasteiger partial charge on any atom is 0.252 e. The number of carbonyl (C=O) groups excluding carboxylic acids is 1. The highest BCUT2D eigenvalue weighted by Gasteiger charge is 2.26. The summed E-state index contributed by atoms with van der Waals surface area (Å²) in [7, 11) is 2.10. The second kappa shape index (κ2) is 7.21. The molecule has 0 spiro atoms. The lowest BCUT2D eigenvalue weighted by molar-refractivity contribution is 0.0883. The first-order chi connectivity index (χ1) is 10.1. The van der Waals surface area contributed by atoms with Gasteiger partial charge in [0.1, 0.15) is 6.61 Å². The Balaban J connectivity index is 2.10. The van der Waals surface area contributed by atoms with Crippen LogP contribution in [0, 0.1) is 17.8 Å². The summed E-state index contributed by atoms with van der Waals surface area (Å²) in [5.41, 5.74) is 1.06. The van der Waals surface area contributed by atoms with Gasteiger partial charge in [-0.15, -0.1) is 0 Å². The number of aliphatic hydroxyl groups excluding tert-OH is 1. The fraction of sp³-hybridized carbons (Fsp3) is 0.500. The summed E-state index contributed by atoms with van der Waals surface area (Å²) >= 11 is 0. The lowest BCUT2D eigenvalue weighted by atomic mass is 9.94. The molecule has 1 fully saturated rings. The molecule has 0 saturated carbocycles. The molecule has 21 heavy (non-hydrogen) atoms. The molecule has 1 aromatic rings. The lowest BCUT2D eigenvalue weighted by Gasteiger charge is -2.35. The maximum absolute atomic E-state index is 12.4. The van der Waals surface area contributed by atoms with E-state index in [1.165, 1.54) is 0 Å². The largest absolute Gasteiger partial charge is 0.384 e. The predicted molar refractivity (Wildman–Crippen MR) is 80.7 cm³/mol. The van der Waals surface area contributed by atoms with Gasteiger partial charge in [0.05, 0.1) is 11.1 Å². The van der Waals surface area contributed by atoms with Crippen molar-refractivity contribution in [1.29, 1.82) is 0 Å². The van der Waals surface area contributed by atoms with Crippen LogP contribution in [-0.4, -0.2) is 53.7 Å². The van der Waals surface area contributed by atoms with Gasteiger partial charge in [0.2, 0.25) is 0 Å². The monoisotopic (exact) mass is 287 g/mol. The van der Waals surface area contributed by atoms with Gasteiger partial charge in [-0.3, -0.25) is 9.78 Å². The number of pyridine rings is 1. The minimum atomic E-state index is -0.234. The normalized spacial score (nSPS) is 22.2. The third-order valence-corrected chi connectivity index (χ3v) is 3.79. The summed E-state index contributed by atoms with van der Waals surface area (Å²) in [5, 5.41) is 11.9. The Morgan fingerprint density at radius 1 is 1.62 bits per heavy atom. The number of nitrogens with zero attached hydrogens (tertiary/aromatic N) is 2. The van der Waals surface area contributed by atoms with Gasteiger partial charge < -0.3 is 15.3 Å². The molecule has 1 amide bonds. The summed E-state index contributed by atoms with van der Waals surface area (Å²) in [6, 6.07) is 1.84. The molecule has 1 aliphatic rings. The molecular formula is C16H21N3O2. The van der Waals surface area contributed by atoms with E-state index in [4.69, 9.17) is 5.11 Å². The van der Waals surface area contributed by atoms with Crippen molar-refractivity contribution in [3.05, 3.63) is 29.6 Å². The van der Waals surface area contributed by atoms with Crippen LogP contribution < -0.4 is 5.32 Å². The van der Waals surface area contributed by atoms with E-state index < -0.39 is 0 Å². The Morgan fingerprint density at radius 3 is 3.14 bits per heavy atom. The number of carbonyl (C=O) groups is 1. The van der Waals surface area contributed by atoms with Gasteiger partial charge in [-0.2, -0.15) is 0 Å². The zero-order valence-electron chi connectivity index (χ0n) is 12.5. The van der Waals surface area contributed by atoms with Crippen LogP contribution in [0.1, 0.15) is 29.3 Å². The van der Waals surface area contributed by atoms with E-state index >= 15 is 0 Å². The van der Waals surface area contributed by atoms with Crippen LogP contribution in [-0.2, 0) is 0 Å². The molecule has 2 unspecified atom stereocenters. The number of aliphatic hydroxyl groups is 1. The van der Waals surface area contributed by atoms with Crippen molar-refractivity contribution < 1.29 is 9.90 Å². The number of amides is 1. The second-order valence-electron chi connectivity index (χ2n) is 5.49. The Hall–Kier alpha value is -1.90. The van der Waals surface area contributed by atoms with Crippen LogP contribution in [0.2, 0.25) is 0 Å². The molecule has 1 saturated heterocycles. The fourth-order valence-corrected chi connectivity index (χ4v) is 2.64. The summed E-state index contributed by atoms with van der Waals surface area (Å²) in [6.07, 6.45) is 4.08. The van der Waals surface area contributed by atoms with E-state index in [9.17, 15) is 4.79 Å². The standard InChI is InChI=1S/C16H21N3O2/c1-12-11-19(2)8-6-15(12)18-16(21)14-5-7-17-10-13(14)4-3-9-20/h5,7,10,12,15,20H,6,8-9,11H2,1-2H3,(H,18,21). The van der Waals surface area contributed by atoms with Crippen molar-refractivity contribution in [3.63, 3.8) is 0 Å². The van der Waals surface area contributed by atoms with Gasteiger partial charge in [0.15, 0.2) is 0 Å². The average Bonchev–Trinajstić information content (AvgIpc) is 2.48. The molecule has 2 atom stereocenters. The summed E-state index contributed by atoms with van der Waals surface area (Å²) in [6.45, 7) is 3.89. The molecule has 2 heterocycles. The highest BCUT2D eigenvalue weighted by Crippen LogP contribution is 2.16. The van der Waals surface area contributed by atoms with Gasteiger partial charge in [-0.1, -0.05) is 18.8 Å². The van der Waals surface area contributed by atoms with Crippen molar-refractivity contribution in [2.45, 2.75) is 19.4 Å². The molecule has 0 aromatic carbocycles. The Bertz CT molecular complexity index is 562. The van der Waals surface area contributed by atoms with E-state index in [0.29, 0.717) is 17.0 Å². The molecule has 5 nitrogen and oxygen atoms in total. The number of aromatic nitrogens is 1. The van der Waals surface area contributed by atoms with Crippen LogP contribution in [0.25, 0.3) is 0 Å². The zero-order chi connectivity index (χ0) is 15.2. The van der Waals surface area contributed by atoms with Crippen LogP contribution >= 0.6 is 0 Å². The Morgan fingerprint density at radius 2 is 2.43 bits per heavy atom. The van der Waals surface area contributed by atoms with Gasteiger partial charge in [0.25, 0.3) is 5.91 Å². The van der Waals surface area contributed by atoms with Crippen LogP contribution in [0.15, 0.2) is 18.5 Å². The predicted octanol–water partition coefficient (Wildman–Crippen LogP) is 0.495. The average molecular weight is 287 g/mol. The van der Waals surface area contributed by atoms with Crippen molar-refractivity contribution in [2.24, 2.45) is 5.92 Å². The zero-order valence-corrected chi connectivity index (χ0v) is 12.5. The molecule has 0 aliphatic carbocycles. The van der Waals surface area contributed by atoms with Crippen LogP contribution in [0.3, 0.4) is 0 Å². The van der Waals surface area contributed by atoms with Gasteiger partial charge in [0, 0.05) is 25.0 Å². The molecule has 0 radical (unpaired) electrons. The number of likely N-dealkylation sites (tertiary alicyclic amines) is 1. The van der Waals surface area contributed by atoms with E-state index in [0.717, 1.165) is 19.5 Å². The van der Waals surface area contributed by atoms with Crippen molar-refractivity contribution in [1.82, 2.24) is 15.2 Å². The van der Waals surface area contributed by atoms with E-state index in [-0.39, 0.29) is 18.6 Å². The van der Waals surface area contributed by atoms with Crippen molar-refractivity contribution in [2.75, 3.05) is 26.7 Å². The number of hydrogen-bond donors (Lipinski definition) is 2. The van der Waals surface area contributed by atoms with E-state index in [1.54, 1.807) is 18.5 Å². The quantitative estimate of drug-likeness (QED) is 0.777. The van der Waals surface area contributed by atoms with E-state index in [1.807, 2.05) is 0 Å². The molecule has 1 aliphatic heterocycles. The highest BCUT2D eigenvalue weighted by molar-refractivity contribution is 5.96. The fourth-order valence-electron chi connectivity index (χ4n) is 2.64. The molecule has 5 heteroatoms. The SMILES string of the molecule is CC1CN(C)CCC1NC(=O)c1ccncc1C#CCO. The number of rotatable bonds is 2. The van der Waals surface area contributed by atoms with Crippen molar-refractivity contribution >= 4 is 5.91 Å². The molecule has 1 aromatic heterocycles. The molecule has 2 rings (SSSR count). The van der Waals surface area contributed by atoms with Crippen molar-refractivity contribution in [3.8, 4) is 11.8 Å². The van der Waals surface area contributed by atoms with Gasteiger partial charge in [-0.25, -0.2) is 0 Å². The molecule has 112 valence electrons. The number of piperidine rings is 1. The third kappa shape index (κ3) is 4.03. The minimum absolute atomic E-state index is 0.124. The first-order valence-corrected chi connectivity index (χ1v) is 7.15. The Labute approximate surface area is 125 Å². The highest BCUT2D eigenvalue weighted by atomic mass is 16.2. The smallest absolute Gasteiger partial charge is 0.252 e. The molecule has 2 N–H and O–H groups in total. The third-order valence-electron chi connectivity index (χ3n) is 3.79. The summed E-state index contributed by atoms with van der Waals surface area (Å²) in [5.74, 6) is 5.62. The van der Waals surface area contributed by atoms with Crippen LogP contribution in [0.5, 0.6) is 0 Å². The lowest BCUT2D eigenvalue weighted by Crippen LogP contribution is -2.49. The first-order valence-electron chi connectivity index (χ1n) is 7.15. The van der Waals surface area contributed by atoms with E-state index in [2.05, 4.69) is 41.0 Å².